The number of aliphatic carboxylic acids is 1. The van der Waals surface area contributed by atoms with Crippen LogP contribution in [0.3, 0.4) is 0 Å². The van der Waals surface area contributed by atoms with Gasteiger partial charge in [0.1, 0.15) is 18.2 Å². The normalized spacial score (nSPS) is 26.9. The highest BCUT2D eigenvalue weighted by molar-refractivity contribution is 5.81. The summed E-state index contributed by atoms with van der Waals surface area (Å²) >= 11 is 0. The molecule has 4 saturated carbocycles. The maximum absolute atomic E-state index is 12.8. The molecule has 5 aliphatic carbocycles. The van der Waals surface area contributed by atoms with Gasteiger partial charge in [0.05, 0.1) is 6.54 Å². The molecule has 8 heteroatoms. The second-order valence-corrected chi connectivity index (χ2v) is 12.8. The molecule has 4 fully saturated rings. The van der Waals surface area contributed by atoms with E-state index in [4.69, 9.17) is 9.47 Å². The zero-order valence-corrected chi connectivity index (χ0v) is 23.2. The minimum atomic E-state index is -1.36. The molecule has 0 heterocycles. The molecule has 0 unspecified atom stereocenters. The molecule has 0 aromatic heterocycles. The second kappa shape index (κ2) is 10.1. The first-order valence-electron chi connectivity index (χ1n) is 14.5. The topological polar surface area (TPSA) is 114 Å². The number of hydrogen-bond donors (Lipinski definition) is 3. The van der Waals surface area contributed by atoms with E-state index in [1.165, 1.54) is 19.3 Å². The van der Waals surface area contributed by atoms with E-state index >= 15 is 0 Å². The Kier molecular flexibility index (Phi) is 6.75. The van der Waals surface area contributed by atoms with Gasteiger partial charge in [-0.3, -0.25) is 0 Å². The lowest BCUT2D eigenvalue weighted by molar-refractivity contribution is -0.162. The van der Waals surface area contributed by atoms with E-state index < -0.39 is 29.8 Å². The lowest BCUT2D eigenvalue weighted by Crippen LogP contribution is -2.58. The number of carbonyl (C=O) groups is 3. The third-order valence-electron chi connectivity index (χ3n) is 10.0. The number of benzene rings is 2. The van der Waals surface area contributed by atoms with E-state index in [9.17, 15) is 19.5 Å². The molecule has 2 amide bonds. The van der Waals surface area contributed by atoms with Crippen LogP contribution in [-0.4, -0.2) is 48.1 Å². The van der Waals surface area contributed by atoms with Crippen molar-refractivity contribution in [3.05, 3.63) is 59.7 Å². The molecule has 0 spiro atoms. The summed E-state index contributed by atoms with van der Waals surface area (Å²) in [5.74, 6) is 0.746. The molecule has 4 bridgehead atoms. The Labute approximate surface area is 234 Å². The highest BCUT2D eigenvalue weighted by Crippen LogP contribution is 2.64. The fraction of sp³-hybridized carbons (Fsp3) is 0.531. The highest BCUT2D eigenvalue weighted by Gasteiger charge is 2.58. The summed E-state index contributed by atoms with van der Waals surface area (Å²) < 4.78 is 11.4. The molecule has 1 atom stereocenters. The van der Waals surface area contributed by atoms with Crippen LogP contribution in [0.4, 0.5) is 9.59 Å². The Hall–Kier alpha value is -3.55. The predicted molar refractivity (Wildman–Crippen MR) is 149 cm³/mol. The van der Waals surface area contributed by atoms with Crippen LogP contribution in [0.2, 0.25) is 0 Å². The molecular weight excluding hydrogens is 508 g/mol. The first-order valence-corrected chi connectivity index (χ1v) is 14.5. The molecule has 0 radical (unpaired) electrons. The predicted octanol–water partition coefficient (Wildman–Crippen LogP) is 5.70. The van der Waals surface area contributed by atoms with Gasteiger partial charge >= 0.3 is 18.2 Å². The number of nitrogens with one attached hydrogen (secondary N) is 2. The van der Waals surface area contributed by atoms with Crippen molar-refractivity contribution in [2.45, 2.75) is 69.9 Å². The fourth-order valence-electron chi connectivity index (χ4n) is 8.39. The zero-order chi connectivity index (χ0) is 28.1. The van der Waals surface area contributed by atoms with Gasteiger partial charge in [-0.2, -0.15) is 0 Å². The molecule has 3 N–H and O–H groups in total. The molecular formula is C32H38N2O6. The number of carboxylic acids is 1. The van der Waals surface area contributed by atoms with Gasteiger partial charge in [-0.15, -0.1) is 0 Å². The quantitative estimate of drug-likeness (QED) is 0.391. The van der Waals surface area contributed by atoms with Crippen molar-refractivity contribution in [1.82, 2.24) is 10.6 Å². The molecule has 212 valence electrons. The fourth-order valence-corrected chi connectivity index (χ4v) is 8.39. The van der Waals surface area contributed by atoms with Gasteiger partial charge in [-0.1, -0.05) is 48.5 Å². The van der Waals surface area contributed by atoms with Crippen molar-refractivity contribution in [3.8, 4) is 11.1 Å². The third kappa shape index (κ3) is 4.82. The van der Waals surface area contributed by atoms with Gasteiger partial charge in [0.15, 0.2) is 0 Å². The second-order valence-electron chi connectivity index (χ2n) is 12.8. The van der Waals surface area contributed by atoms with Crippen molar-refractivity contribution >= 4 is 18.2 Å². The molecule has 0 aliphatic heterocycles. The number of rotatable bonds is 8. The summed E-state index contributed by atoms with van der Waals surface area (Å²) in [4.78, 5) is 37.3. The first kappa shape index (κ1) is 26.7. The molecule has 7 rings (SSSR count). The van der Waals surface area contributed by atoms with E-state index in [2.05, 4.69) is 10.6 Å². The third-order valence-corrected chi connectivity index (χ3v) is 10.0. The van der Waals surface area contributed by atoms with Crippen LogP contribution in [0.5, 0.6) is 0 Å². The van der Waals surface area contributed by atoms with Crippen molar-refractivity contribution in [1.29, 1.82) is 0 Å². The van der Waals surface area contributed by atoms with Gasteiger partial charge in [0, 0.05) is 11.3 Å². The van der Waals surface area contributed by atoms with E-state index in [1.807, 2.05) is 62.4 Å². The number of alkyl carbamates (subject to hydrolysis) is 2. The summed E-state index contributed by atoms with van der Waals surface area (Å²) in [6.45, 7) is 3.74. The number of hydrogen-bond acceptors (Lipinski definition) is 5. The summed E-state index contributed by atoms with van der Waals surface area (Å²) in [6, 6.07) is 14.6. The Morgan fingerprint density at radius 2 is 1.43 bits per heavy atom. The SMILES string of the molecule is CC(C)(OC(=O)NC[C@@H](NC(=O)OCC1c2ccccc2-c2ccccc21)C(=O)O)C12CC3CC(CC(C3)C1)C2. The lowest BCUT2D eigenvalue weighted by Gasteiger charge is -2.61. The van der Waals surface area contributed by atoms with Crippen LogP contribution in [0, 0.1) is 23.2 Å². The minimum absolute atomic E-state index is 0.0230. The van der Waals surface area contributed by atoms with Gasteiger partial charge in [-0.05, 0) is 92.4 Å². The van der Waals surface area contributed by atoms with Gasteiger partial charge in [-0.25, -0.2) is 14.4 Å². The highest BCUT2D eigenvalue weighted by atomic mass is 16.6. The Morgan fingerprint density at radius 3 is 1.95 bits per heavy atom. The van der Waals surface area contributed by atoms with Gasteiger partial charge < -0.3 is 25.2 Å². The van der Waals surface area contributed by atoms with Crippen LogP contribution in [0.1, 0.15) is 69.4 Å². The molecule has 8 nitrogen and oxygen atoms in total. The maximum Gasteiger partial charge on any atom is 0.407 e. The lowest BCUT2D eigenvalue weighted by atomic mass is 9.46. The molecule has 5 aliphatic rings. The Morgan fingerprint density at radius 1 is 0.900 bits per heavy atom. The largest absolute Gasteiger partial charge is 0.480 e. The monoisotopic (exact) mass is 546 g/mol. The van der Waals surface area contributed by atoms with E-state index in [0.717, 1.165) is 59.3 Å². The summed E-state index contributed by atoms with van der Waals surface area (Å²) in [6.07, 6.45) is 5.62. The van der Waals surface area contributed by atoms with Crippen molar-refractivity contribution in [2.24, 2.45) is 23.2 Å². The molecule has 2 aromatic carbocycles. The standard InChI is InChI=1S/C32H38N2O6/c1-31(2,32-14-19-11-20(15-32)13-21(12-19)16-32)40-29(37)33-17-27(28(35)36)34-30(38)39-18-26-24-9-5-3-7-22(24)23-8-4-6-10-25(23)26/h3-10,19-21,26-27H,11-18H2,1-2H3,(H,33,37)(H,34,38)(H,35,36)/t19?,20?,21?,27-,32?/m1/s1. The number of carboxylic acid groups (broad SMARTS) is 1. The summed E-state index contributed by atoms with van der Waals surface area (Å²) in [5.41, 5.74) is 3.66. The van der Waals surface area contributed by atoms with Crippen molar-refractivity contribution < 1.29 is 29.0 Å². The van der Waals surface area contributed by atoms with E-state index in [1.54, 1.807) is 0 Å². The van der Waals surface area contributed by atoms with Crippen LogP contribution in [0.25, 0.3) is 11.1 Å². The van der Waals surface area contributed by atoms with Crippen LogP contribution >= 0.6 is 0 Å². The minimum Gasteiger partial charge on any atom is -0.480 e. The number of fused-ring (bicyclic) bond motifs is 3. The maximum atomic E-state index is 12.8. The van der Waals surface area contributed by atoms with E-state index in [0.29, 0.717) is 0 Å². The Balaban J connectivity index is 1.03. The average Bonchev–Trinajstić information content (AvgIpc) is 3.22. The molecule has 0 saturated heterocycles. The molecule has 2 aromatic rings. The first-order chi connectivity index (χ1) is 19.1. The average molecular weight is 547 g/mol. The van der Waals surface area contributed by atoms with Gasteiger partial charge in [0.2, 0.25) is 0 Å². The van der Waals surface area contributed by atoms with Crippen LogP contribution < -0.4 is 10.6 Å². The van der Waals surface area contributed by atoms with E-state index in [-0.39, 0.29) is 24.5 Å². The number of amides is 2. The summed E-state index contributed by atoms with van der Waals surface area (Å²) in [5, 5.41) is 14.7. The smallest absolute Gasteiger partial charge is 0.407 e. The summed E-state index contributed by atoms with van der Waals surface area (Å²) in [7, 11) is 0. The Bertz CT molecular complexity index is 1240. The van der Waals surface area contributed by atoms with Crippen LogP contribution in [-0.2, 0) is 14.3 Å². The van der Waals surface area contributed by atoms with Crippen LogP contribution in [0.15, 0.2) is 48.5 Å². The zero-order valence-electron chi connectivity index (χ0n) is 23.2. The molecule has 40 heavy (non-hydrogen) atoms. The van der Waals surface area contributed by atoms with Crippen molar-refractivity contribution in [2.75, 3.05) is 13.2 Å². The number of ether oxygens (including phenoxy) is 2. The number of carbonyl (C=O) groups excluding carboxylic acids is 2. The van der Waals surface area contributed by atoms with Gasteiger partial charge in [0.25, 0.3) is 0 Å². The van der Waals surface area contributed by atoms with Crippen molar-refractivity contribution in [3.63, 3.8) is 0 Å².